The van der Waals surface area contributed by atoms with Gasteiger partial charge in [-0.1, -0.05) is 78.9 Å². The minimum Gasteiger partial charge on any atom is -0.370 e. The molecule has 3 aromatic carbocycles. The molecule has 1 amide bonds. The van der Waals surface area contributed by atoms with Crippen LogP contribution in [0.4, 0.5) is 0 Å². The Morgan fingerprint density at radius 1 is 0.839 bits per heavy atom. The number of carbonyl (C=O) groups excluding carboxylic acids is 1. The number of nitrogens with zero attached hydrogens (tertiary/aromatic N) is 1. The van der Waals surface area contributed by atoms with Crippen molar-refractivity contribution in [2.45, 2.75) is 25.4 Å². The molecule has 0 saturated carbocycles. The lowest BCUT2D eigenvalue weighted by molar-refractivity contribution is -0.118. The fourth-order valence-corrected chi connectivity index (χ4v) is 3.79. The van der Waals surface area contributed by atoms with E-state index in [1.54, 1.807) is 0 Å². The molecule has 2 N–H and O–H groups in total. The lowest BCUT2D eigenvalue weighted by Crippen LogP contribution is -2.11. The first-order chi connectivity index (χ1) is 15.2. The number of ether oxygens (including phenoxy) is 1. The summed E-state index contributed by atoms with van der Waals surface area (Å²) in [4.78, 5) is 15.5. The van der Waals surface area contributed by atoms with Gasteiger partial charge in [0.1, 0.15) is 6.10 Å². The molecule has 1 heterocycles. The van der Waals surface area contributed by atoms with Crippen LogP contribution in [0.25, 0.3) is 22.0 Å². The average Bonchev–Trinajstić information content (AvgIpc) is 2.82. The van der Waals surface area contributed by atoms with E-state index in [0.717, 1.165) is 46.0 Å². The Bertz CT molecular complexity index is 1140. The number of nitrogens with two attached hydrogens (primary N) is 1. The van der Waals surface area contributed by atoms with E-state index >= 15 is 0 Å². The zero-order valence-electron chi connectivity index (χ0n) is 17.4. The number of pyridine rings is 1. The molecule has 1 aromatic heterocycles. The zero-order chi connectivity index (χ0) is 21.5. The Morgan fingerprint density at radius 2 is 1.58 bits per heavy atom. The highest BCUT2D eigenvalue weighted by Gasteiger charge is 2.15. The molecule has 4 aromatic rings. The number of para-hydroxylation sites is 1. The smallest absolute Gasteiger partial charge is 0.217 e. The van der Waals surface area contributed by atoms with Crippen LogP contribution in [0, 0.1) is 0 Å². The summed E-state index contributed by atoms with van der Waals surface area (Å²) in [5.41, 5.74) is 10.7. The molecule has 0 aliphatic rings. The quantitative estimate of drug-likeness (QED) is 0.362. The van der Waals surface area contributed by atoms with Crippen molar-refractivity contribution in [2.75, 3.05) is 6.61 Å². The number of hydrogen-bond acceptors (Lipinski definition) is 3. The molecule has 31 heavy (non-hydrogen) atoms. The molecule has 0 aliphatic heterocycles. The van der Waals surface area contributed by atoms with Crippen molar-refractivity contribution in [1.82, 2.24) is 4.98 Å². The Balaban J connectivity index is 1.56. The number of primary amides is 1. The predicted molar refractivity (Wildman–Crippen MR) is 124 cm³/mol. The molecule has 0 bridgehead atoms. The van der Waals surface area contributed by atoms with Crippen molar-refractivity contribution in [3.63, 3.8) is 0 Å². The SMILES string of the molecule is NC(=O)CCCCOC(c1ccccc1)c1ccc(-c2cccc3cccnc23)cc1. The largest absolute Gasteiger partial charge is 0.370 e. The van der Waals surface area contributed by atoms with E-state index in [1.807, 2.05) is 30.5 Å². The van der Waals surface area contributed by atoms with Crippen molar-refractivity contribution in [1.29, 1.82) is 0 Å². The second-order valence-corrected chi connectivity index (χ2v) is 7.59. The van der Waals surface area contributed by atoms with E-state index in [1.165, 1.54) is 0 Å². The lowest BCUT2D eigenvalue weighted by Gasteiger charge is -2.19. The molecular weight excluding hydrogens is 384 g/mol. The summed E-state index contributed by atoms with van der Waals surface area (Å²) in [5.74, 6) is -0.266. The van der Waals surface area contributed by atoms with Gasteiger partial charge in [-0.05, 0) is 35.6 Å². The molecule has 0 spiro atoms. The fourth-order valence-electron chi connectivity index (χ4n) is 3.79. The number of rotatable bonds is 9. The number of unbranched alkanes of at least 4 members (excludes halogenated alkanes) is 1. The van der Waals surface area contributed by atoms with E-state index in [9.17, 15) is 4.79 Å². The van der Waals surface area contributed by atoms with Gasteiger partial charge in [0, 0.05) is 30.2 Å². The zero-order valence-corrected chi connectivity index (χ0v) is 17.4. The van der Waals surface area contributed by atoms with Crippen LogP contribution < -0.4 is 5.73 Å². The number of benzene rings is 3. The van der Waals surface area contributed by atoms with Crippen LogP contribution in [0.5, 0.6) is 0 Å². The van der Waals surface area contributed by atoms with Crippen molar-refractivity contribution in [2.24, 2.45) is 5.73 Å². The molecule has 0 saturated heterocycles. The normalized spacial score (nSPS) is 12.0. The van der Waals surface area contributed by atoms with Crippen LogP contribution in [0.15, 0.2) is 91.1 Å². The third-order valence-electron chi connectivity index (χ3n) is 5.36. The molecular formula is C27H26N2O2. The molecule has 4 rings (SSSR count). The maximum absolute atomic E-state index is 10.9. The Kier molecular flexibility index (Phi) is 6.70. The summed E-state index contributed by atoms with van der Waals surface area (Å²) >= 11 is 0. The van der Waals surface area contributed by atoms with Gasteiger partial charge in [-0.25, -0.2) is 0 Å². The van der Waals surface area contributed by atoms with Crippen LogP contribution in [-0.2, 0) is 9.53 Å². The van der Waals surface area contributed by atoms with E-state index in [-0.39, 0.29) is 12.0 Å². The minimum atomic E-state index is -0.266. The van der Waals surface area contributed by atoms with Gasteiger partial charge in [-0.2, -0.15) is 0 Å². The second kappa shape index (κ2) is 10.0. The van der Waals surface area contributed by atoms with Crippen molar-refractivity contribution >= 4 is 16.8 Å². The first-order valence-electron chi connectivity index (χ1n) is 10.6. The fraction of sp³-hybridized carbons (Fsp3) is 0.185. The predicted octanol–water partition coefficient (Wildman–Crippen LogP) is 5.66. The van der Waals surface area contributed by atoms with Crippen molar-refractivity contribution in [3.05, 3.63) is 102 Å². The van der Waals surface area contributed by atoms with Gasteiger partial charge >= 0.3 is 0 Å². The Morgan fingerprint density at radius 3 is 2.35 bits per heavy atom. The number of aromatic nitrogens is 1. The standard InChI is InChI=1S/C27H26N2O2/c28-25(30)13-4-5-19-31-27(22-8-2-1-3-9-22)23-16-14-20(15-17-23)24-12-6-10-21-11-7-18-29-26(21)24/h1-3,6-12,14-18,27H,4-5,13,19H2,(H2,28,30). The number of carbonyl (C=O) groups is 1. The minimum absolute atomic E-state index is 0.158. The van der Waals surface area contributed by atoms with Crippen LogP contribution in [0.1, 0.15) is 36.5 Å². The summed E-state index contributed by atoms with van der Waals surface area (Å²) in [6, 6.07) is 29.0. The molecule has 4 nitrogen and oxygen atoms in total. The van der Waals surface area contributed by atoms with Crippen LogP contribution in [-0.4, -0.2) is 17.5 Å². The highest BCUT2D eigenvalue weighted by molar-refractivity contribution is 5.93. The monoisotopic (exact) mass is 410 g/mol. The second-order valence-electron chi connectivity index (χ2n) is 7.59. The van der Waals surface area contributed by atoms with Crippen LogP contribution >= 0.6 is 0 Å². The maximum Gasteiger partial charge on any atom is 0.217 e. The Labute approximate surface area is 182 Å². The van der Waals surface area contributed by atoms with Crippen LogP contribution in [0.3, 0.4) is 0 Å². The van der Waals surface area contributed by atoms with Crippen molar-refractivity contribution in [3.8, 4) is 11.1 Å². The molecule has 1 atom stereocenters. The molecule has 4 heteroatoms. The van der Waals surface area contributed by atoms with E-state index in [2.05, 4.69) is 65.6 Å². The lowest BCUT2D eigenvalue weighted by atomic mass is 9.97. The summed E-state index contributed by atoms with van der Waals surface area (Å²) in [7, 11) is 0. The molecule has 156 valence electrons. The average molecular weight is 411 g/mol. The summed E-state index contributed by atoms with van der Waals surface area (Å²) < 4.78 is 6.25. The van der Waals surface area contributed by atoms with E-state index in [4.69, 9.17) is 10.5 Å². The van der Waals surface area contributed by atoms with Gasteiger partial charge in [-0.15, -0.1) is 0 Å². The highest BCUT2D eigenvalue weighted by Crippen LogP contribution is 2.31. The maximum atomic E-state index is 10.9. The number of fused-ring (bicyclic) bond motifs is 1. The summed E-state index contributed by atoms with van der Waals surface area (Å²) in [6.07, 6.45) is 3.61. The summed E-state index contributed by atoms with van der Waals surface area (Å²) in [6.45, 7) is 0.571. The highest BCUT2D eigenvalue weighted by atomic mass is 16.5. The molecule has 1 unspecified atom stereocenters. The Hall–Kier alpha value is -3.50. The summed E-state index contributed by atoms with van der Waals surface area (Å²) in [5, 5.41) is 1.13. The van der Waals surface area contributed by atoms with Gasteiger partial charge in [0.05, 0.1) is 5.52 Å². The van der Waals surface area contributed by atoms with Crippen molar-refractivity contribution < 1.29 is 9.53 Å². The van der Waals surface area contributed by atoms with Crippen LogP contribution in [0.2, 0.25) is 0 Å². The molecule has 0 fully saturated rings. The molecule has 0 radical (unpaired) electrons. The van der Waals surface area contributed by atoms with Gasteiger partial charge in [0.15, 0.2) is 0 Å². The molecule has 0 aliphatic carbocycles. The topological polar surface area (TPSA) is 65.2 Å². The van der Waals surface area contributed by atoms with Gasteiger partial charge in [0.2, 0.25) is 5.91 Å². The van der Waals surface area contributed by atoms with Gasteiger partial charge in [-0.3, -0.25) is 9.78 Å². The third-order valence-corrected chi connectivity index (χ3v) is 5.36. The number of amides is 1. The number of hydrogen-bond donors (Lipinski definition) is 1. The van der Waals surface area contributed by atoms with Gasteiger partial charge < -0.3 is 10.5 Å². The first-order valence-corrected chi connectivity index (χ1v) is 10.6. The first kappa shape index (κ1) is 20.8. The van der Waals surface area contributed by atoms with E-state index in [0.29, 0.717) is 13.0 Å². The third kappa shape index (κ3) is 5.16. The van der Waals surface area contributed by atoms with Gasteiger partial charge in [0.25, 0.3) is 0 Å². The van der Waals surface area contributed by atoms with E-state index < -0.39 is 0 Å².